The summed E-state index contributed by atoms with van der Waals surface area (Å²) in [6.45, 7) is 6.54. The van der Waals surface area contributed by atoms with E-state index in [4.69, 9.17) is 16.3 Å². The van der Waals surface area contributed by atoms with Crippen LogP contribution < -0.4 is 0 Å². The number of ether oxygens (including phenoxy) is 1. The van der Waals surface area contributed by atoms with E-state index in [0.29, 0.717) is 6.10 Å². The molecule has 0 bridgehead atoms. The van der Waals surface area contributed by atoms with E-state index < -0.39 is 0 Å². The monoisotopic (exact) mass is 252 g/mol. The van der Waals surface area contributed by atoms with Crippen LogP contribution in [0.25, 0.3) is 0 Å². The minimum Gasteiger partial charge on any atom is -0.370 e. The molecule has 0 heterocycles. The standard InChI is InChI=1S/C15H21ClO/c1-4-15(3)13(16)10-14(15)17-11(2)12-8-6-5-7-9-12/h5-9,11,13-14H,4,10H2,1-3H3. The number of rotatable bonds is 4. The van der Waals surface area contributed by atoms with Crippen molar-refractivity contribution in [3.8, 4) is 0 Å². The van der Waals surface area contributed by atoms with Crippen molar-refractivity contribution in [3.05, 3.63) is 35.9 Å². The molecule has 1 aliphatic carbocycles. The summed E-state index contributed by atoms with van der Waals surface area (Å²) in [5.41, 5.74) is 1.38. The van der Waals surface area contributed by atoms with Gasteiger partial charge in [0.2, 0.25) is 0 Å². The third-order valence-electron chi connectivity index (χ3n) is 4.27. The van der Waals surface area contributed by atoms with Crippen LogP contribution in [0.2, 0.25) is 0 Å². The second-order valence-corrected chi connectivity index (χ2v) is 5.77. The van der Waals surface area contributed by atoms with E-state index in [0.717, 1.165) is 12.8 Å². The van der Waals surface area contributed by atoms with Gasteiger partial charge < -0.3 is 4.74 Å². The van der Waals surface area contributed by atoms with Crippen LogP contribution in [-0.4, -0.2) is 11.5 Å². The summed E-state index contributed by atoms with van der Waals surface area (Å²) in [5.74, 6) is 0. The molecule has 1 saturated carbocycles. The van der Waals surface area contributed by atoms with E-state index in [1.54, 1.807) is 0 Å². The molecule has 0 N–H and O–H groups in total. The smallest absolute Gasteiger partial charge is 0.0800 e. The van der Waals surface area contributed by atoms with Gasteiger partial charge >= 0.3 is 0 Å². The Morgan fingerprint density at radius 3 is 2.59 bits per heavy atom. The average Bonchev–Trinajstić information content (AvgIpc) is 2.38. The molecular weight excluding hydrogens is 232 g/mol. The highest BCUT2D eigenvalue weighted by atomic mass is 35.5. The Morgan fingerprint density at radius 1 is 1.41 bits per heavy atom. The molecule has 0 radical (unpaired) electrons. The maximum atomic E-state index is 6.30. The maximum Gasteiger partial charge on any atom is 0.0800 e. The summed E-state index contributed by atoms with van der Waals surface area (Å²) < 4.78 is 6.16. The highest BCUT2D eigenvalue weighted by Crippen LogP contribution is 2.50. The van der Waals surface area contributed by atoms with Crippen LogP contribution in [0.1, 0.15) is 45.3 Å². The van der Waals surface area contributed by atoms with Crippen molar-refractivity contribution >= 4 is 11.6 Å². The van der Waals surface area contributed by atoms with Crippen LogP contribution in [0.4, 0.5) is 0 Å². The van der Waals surface area contributed by atoms with Gasteiger partial charge in [0, 0.05) is 10.8 Å². The van der Waals surface area contributed by atoms with Gasteiger partial charge in [-0.25, -0.2) is 0 Å². The first kappa shape index (κ1) is 12.9. The average molecular weight is 253 g/mol. The molecular formula is C15H21ClO. The van der Waals surface area contributed by atoms with Crippen LogP contribution in [0.15, 0.2) is 30.3 Å². The Kier molecular flexibility index (Phi) is 3.79. The summed E-state index contributed by atoms with van der Waals surface area (Å²) in [6, 6.07) is 10.4. The molecule has 2 rings (SSSR count). The van der Waals surface area contributed by atoms with E-state index in [2.05, 4.69) is 45.0 Å². The number of benzene rings is 1. The molecule has 0 spiro atoms. The minimum absolute atomic E-state index is 0.143. The van der Waals surface area contributed by atoms with E-state index in [-0.39, 0.29) is 16.9 Å². The number of hydrogen-bond donors (Lipinski definition) is 0. The molecule has 2 heteroatoms. The van der Waals surface area contributed by atoms with Gasteiger partial charge in [0.05, 0.1) is 12.2 Å². The zero-order chi connectivity index (χ0) is 12.5. The lowest BCUT2D eigenvalue weighted by molar-refractivity contribution is -0.130. The summed E-state index contributed by atoms with van der Waals surface area (Å²) in [5, 5.41) is 0.264. The maximum absolute atomic E-state index is 6.30. The lowest BCUT2D eigenvalue weighted by Gasteiger charge is -2.51. The first-order valence-electron chi connectivity index (χ1n) is 6.42. The zero-order valence-electron chi connectivity index (χ0n) is 10.8. The van der Waals surface area contributed by atoms with Gasteiger partial charge in [-0.3, -0.25) is 0 Å². The van der Waals surface area contributed by atoms with Crippen molar-refractivity contribution in [2.75, 3.05) is 0 Å². The third kappa shape index (κ3) is 2.36. The molecule has 0 aromatic heterocycles. The van der Waals surface area contributed by atoms with Crippen LogP contribution >= 0.6 is 11.6 Å². The predicted molar refractivity (Wildman–Crippen MR) is 72.4 cm³/mol. The lowest BCUT2D eigenvalue weighted by Crippen LogP contribution is -2.53. The topological polar surface area (TPSA) is 9.23 Å². The molecule has 1 nitrogen and oxygen atoms in total. The zero-order valence-corrected chi connectivity index (χ0v) is 11.6. The Hall–Kier alpha value is -0.530. The van der Waals surface area contributed by atoms with Crippen LogP contribution in [-0.2, 0) is 4.74 Å². The fourth-order valence-corrected chi connectivity index (χ4v) is 2.93. The van der Waals surface area contributed by atoms with E-state index in [9.17, 15) is 0 Å². The van der Waals surface area contributed by atoms with Gasteiger partial charge in [0.25, 0.3) is 0 Å². The van der Waals surface area contributed by atoms with Crippen molar-refractivity contribution in [1.82, 2.24) is 0 Å². The Morgan fingerprint density at radius 2 is 2.06 bits per heavy atom. The second kappa shape index (κ2) is 4.99. The Bertz CT molecular complexity index is 364. The summed E-state index contributed by atoms with van der Waals surface area (Å²) >= 11 is 6.30. The normalized spacial score (nSPS) is 34.1. The van der Waals surface area contributed by atoms with Gasteiger partial charge in [0.15, 0.2) is 0 Å². The minimum atomic E-state index is 0.143. The van der Waals surface area contributed by atoms with Crippen molar-refractivity contribution < 1.29 is 4.74 Å². The first-order chi connectivity index (χ1) is 8.08. The van der Waals surface area contributed by atoms with Gasteiger partial charge in [0.1, 0.15) is 0 Å². The molecule has 1 aromatic carbocycles. The quantitative estimate of drug-likeness (QED) is 0.714. The van der Waals surface area contributed by atoms with Crippen molar-refractivity contribution in [2.24, 2.45) is 5.41 Å². The Labute approximate surface area is 109 Å². The van der Waals surface area contributed by atoms with Crippen LogP contribution in [0, 0.1) is 5.41 Å². The molecule has 1 fully saturated rings. The van der Waals surface area contributed by atoms with Gasteiger partial charge in [-0.05, 0) is 25.3 Å². The van der Waals surface area contributed by atoms with E-state index in [1.807, 2.05) is 6.07 Å². The van der Waals surface area contributed by atoms with Crippen molar-refractivity contribution in [2.45, 2.75) is 51.2 Å². The van der Waals surface area contributed by atoms with Crippen LogP contribution in [0.5, 0.6) is 0 Å². The molecule has 17 heavy (non-hydrogen) atoms. The molecule has 4 atom stereocenters. The van der Waals surface area contributed by atoms with Gasteiger partial charge in [-0.15, -0.1) is 11.6 Å². The summed E-state index contributed by atoms with van der Waals surface area (Å²) in [7, 11) is 0. The molecule has 1 aromatic rings. The van der Waals surface area contributed by atoms with Crippen LogP contribution in [0.3, 0.4) is 0 Å². The molecule has 1 aliphatic rings. The fourth-order valence-electron chi connectivity index (χ4n) is 2.48. The van der Waals surface area contributed by atoms with Gasteiger partial charge in [-0.2, -0.15) is 0 Å². The highest BCUT2D eigenvalue weighted by Gasteiger charge is 2.50. The fraction of sp³-hybridized carbons (Fsp3) is 0.600. The van der Waals surface area contributed by atoms with Crippen molar-refractivity contribution in [3.63, 3.8) is 0 Å². The predicted octanol–water partition coefficient (Wildman–Crippen LogP) is 4.56. The molecule has 0 aliphatic heterocycles. The number of hydrogen-bond acceptors (Lipinski definition) is 1. The largest absolute Gasteiger partial charge is 0.370 e. The third-order valence-corrected chi connectivity index (χ3v) is 4.95. The van der Waals surface area contributed by atoms with E-state index >= 15 is 0 Å². The second-order valence-electron chi connectivity index (χ2n) is 5.24. The number of alkyl halides is 1. The SMILES string of the molecule is CCC1(C)C(Cl)CC1OC(C)c1ccccc1. The molecule has 0 amide bonds. The molecule has 94 valence electrons. The van der Waals surface area contributed by atoms with Gasteiger partial charge in [-0.1, -0.05) is 44.2 Å². The molecule has 0 saturated heterocycles. The molecule has 4 unspecified atom stereocenters. The summed E-state index contributed by atoms with van der Waals surface area (Å²) in [6.07, 6.45) is 2.50. The number of halogens is 1. The van der Waals surface area contributed by atoms with Crippen molar-refractivity contribution in [1.29, 1.82) is 0 Å². The lowest BCUT2D eigenvalue weighted by atomic mass is 9.65. The summed E-state index contributed by atoms with van der Waals surface area (Å²) in [4.78, 5) is 0. The van der Waals surface area contributed by atoms with E-state index in [1.165, 1.54) is 5.56 Å². The Balaban J connectivity index is 1.99. The first-order valence-corrected chi connectivity index (χ1v) is 6.86. The highest BCUT2D eigenvalue weighted by molar-refractivity contribution is 6.21.